The maximum atomic E-state index is 13.3. The van der Waals surface area contributed by atoms with Gasteiger partial charge in [-0.15, -0.1) is 0 Å². The second-order valence-electron chi connectivity index (χ2n) is 6.77. The van der Waals surface area contributed by atoms with Crippen LogP contribution in [0, 0.1) is 0 Å². The molecular weight excluding hydrogens is 350 g/mol. The van der Waals surface area contributed by atoms with Crippen LogP contribution in [0.15, 0.2) is 79.0 Å². The number of amides is 2. The van der Waals surface area contributed by atoms with E-state index in [0.717, 1.165) is 11.3 Å². The van der Waals surface area contributed by atoms with Crippen LogP contribution in [0.4, 0.5) is 5.69 Å². The third-order valence-electron chi connectivity index (χ3n) is 4.16. The molecule has 28 heavy (non-hydrogen) atoms. The van der Waals surface area contributed by atoms with Crippen LogP contribution in [0.2, 0.25) is 0 Å². The second-order valence-corrected chi connectivity index (χ2v) is 6.77. The maximum Gasteiger partial charge on any atom is 0.277 e. The summed E-state index contributed by atoms with van der Waals surface area (Å²) in [5.74, 6) is -0.477. The Morgan fingerprint density at radius 2 is 1.61 bits per heavy atom. The molecule has 0 aliphatic heterocycles. The highest BCUT2D eigenvalue weighted by molar-refractivity contribution is 6.06. The minimum atomic E-state index is -0.255. The molecule has 2 amide bonds. The van der Waals surface area contributed by atoms with Crippen LogP contribution in [0.25, 0.3) is 0 Å². The lowest BCUT2D eigenvalue weighted by molar-refractivity contribution is 0.0943. The summed E-state index contributed by atoms with van der Waals surface area (Å²) in [5.41, 5.74) is 2.43. The van der Waals surface area contributed by atoms with Gasteiger partial charge in [-0.25, -0.2) is 0 Å². The first-order valence-corrected chi connectivity index (χ1v) is 9.22. The average molecular weight is 373 g/mol. The standard InChI is InChI=1S/C23H23N3O2/c1-17(2)25-22(27)19-13-14-24-21(15-19)23(28)26(20-11-7-4-8-12-20)16-18-9-5-3-6-10-18/h3-15,17H,16H2,1-2H3,(H,25,27). The molecule has 0 atom stereocenters. The molecule has 0 unspecified atom stereocenters. The molecule has 0 aliphatic carbocycles. The van der Waals surface area contributed by atoms with Gasteiger partial charge in [-0.05, 0) is 43.7 Å². The van der Waals surface area contributed by atoms with Gasteiger partial charge in [0.1, 0.15) is 5.69 Å². The summed E-state index contributed by atoms with van der Waals surface area (Å²) < 4.78 is 0. The molecule has 0 fully saturated rings. The van der Waals surface area contributed by atoms with Crippen molar-refractivity contribution < 1.29 is 9.59 Å². The summed E-state index contributed by atoms with van der Waals surface area (Å²) in [5, 5.41) is 2.83. The summed E-state index contributed by atoms with van der Waals surface area (Å²) in [4.78, 5) is 31.5. The van der Waals surface area contributed by atoms with Crippen LogP contribution >= 0.6 is 0 Å². The van der Waals surface area contributed by atoms with Crippen LogP contribution in [0.1, 0.15) is 40.3 Å². The molecule has 2 aromatic carbocycles. The zero-order valence-corrected chi connectivity index (χ0v) is 16.0. The topological polar surface area (TPSA) is 62.3 Å². The Morgan fingerprint density at radius 1 is 0.964 bits per heavy atom. The van der Waals surface area contributed by atoms with Gasteiger partial charge >= 0.3 is 0 Å². The van der Waals surface area contributed by atoms with E-state index in [-0.39, 0.29) is 23.6 Å². The highest BCUT2D eigenvalue weighted by Crippen LogP contribution is 2.20. The number of hydrogen-bond donors (Lipinski definition) is 1. The van der Waals surface area contributed by atoms with Crippen LogP contribution in [-0.4, -0.2) is 22.8 Å². The maximum absolute atomic E-state index is 13.3. The Bertz CT molecular complexity index is 940. The summed E-state index contributed by atoms with van der Waals surface area (Å²) in [6.07, 6.45) is 1.49. The van der Waals surface area contributed by atoms with E-state index < -0.39 is 0 Å². The van der Waals surface area contributed by atoms with Crippen molar-refractivity contribution in [2.45, 2.75) is 26.4 Å². The minimum absolute atomic E-state index is 0.0127. The van der Waals surface area contributed by atoms with E-state index >= 15 is 0 Å². The van der Waals surface area contributed by atoms with Crippen molar-refractivity contribution in [2.24, 2.45) is 0 Å². The van der Waals surface area contributed by atoms with Crippen LogP contribution in [0.3, 0.4) is 0 Å². The Kier molecular flexibility index (Phi) is 6.17. The largest absolute Gasteiger partial charge is 0.350 e. The normalized spacial score (nSPS) is 10.5. The smallest absolute Gasteiger partial charge is 0.277 e. The van der Waals surface area contributed by atoms with Crippen LogP contribution in [-0.2, 0) is 6.54 Å². The first kappa shape index (κ1) is 19.3. The van der Waals surface area contributed by atoms with Gasteiger partial charge in [0.2, 0.25) is 0 Å². The fourth-order valence-corrected chi connectivity index (χ4v) is 2.83. The van der Waals surface area contributed by atoms with E-state index in [4.69, 9.17) is 0 Å². The Hall–Kier alpha value is -3.47. The van der Waals surface area contributed by atoms with Crippen molar-refractivity contribution in [3.63, 3.8) is 0 Å². The number of hydrogen-bond acceptors (Lipinski definition) is 3. The van der Waals surface area contributed by atoms with E-state index in [9.17, 15) is 9.59 Å². The number of rotatable bonds is 6. The second kappa shape index (κ2) is 8.95. The van der Waals surface area contributed by atoms with Crippen molar-refractivity contribution in [1.82, 2.24) is 10.3 Å². The summed E-state index contributed by atoms with van der Waals surface area (Å²) in [7, 11) is 0. The number of nitrogens with one attached hydrogen (secondary N) is 1. The molecular formula is C23H23N3O2. The summed E-state index contributed by atoms with van der Waals surface area (Å²) in [6, 6.07) is 22.4. The summed E-state index contributed by atoms with van der Waals surface area (Å²) in [6.45, 7) is 4.19. The number of nitrogens with zero attached hydrogens (tertiary/aromatic N) is 2. The number of pyridine rings is 1. The predicted octanol–water partition coefficient (Wildman–Crippen LogP) is 4.07. The van der Waals surface area contributed by atoms with Gasteiger partial charge in [-0.2, -0.15) is 0 Å². The molecule has 0 saturated heterocycles. The Balaban J connectivity index is 1.92. The fourth-order valence-electron chi connectivity index (χ4n) is 2.83. The van der Waals surface area contributed by atoms with Crippen molar-refractivity contribution in [2.75, 3.05) is 4.90 Å². The molecule has 3 aromatic rings. The molecule has 0 bridgehead atoms. The van der Waals surface area contributed by atoms with Gasteiger partial charge in [0.05, 0.1) is 6.54 Å². The number of para-hydroxylation sites is 1. The molecule has 5 heteroatoms. The SMILES string of the molecule is CC(C)NC(=O)c1ccnc(C(=O)N(Cc2ccccc2)c2ccccc2)c1. The Morgan fingerprint density at radius 3 is 2.25 bits per heavy atom. The van der Waals surface area contributed by atoms with Crippen LogP contribution < -0.4 is 10.2 Å². The predicted molar refractivity (Wildman–Crippen MR) is 110 cm³/mol. The molecule has 1 heterocycles. The lowest BCUT2D eigenvalue weighted by atomic mass is 10.1. The number of carbonyl (C=O) groups excluding carboxylic acids is 2. The fraction of sp³-hybridized carbons (Fsp3) is 0.174. The van der Waals surface area contributed by atoms with Crippen molar-refractivity contribution in [3.8, 4) is 0 Å². The minimum Gasteiger partial charge on any atom is -0.350 e. The van der Waals surface area contributed by atoms with Gasteiger partial charge in [0.25, 0.3) is 11.8 Å². The number of carbonyl (C=O) groups is 2. The van der Waals surface area contributed by atoms with Crippen molar-refractivity contribution in [1.29, 1.82) is 0 Å². The first-order chi connectivity index (χ1) is 13.5. The first-order valence-electron chi connectivity index (χ1n) is 9.22. The third kappa shape index (κ3) is 4.82. The average Bonchev–Trinajstić information content (AvgIpc) is 2.72. The van der Waals surface area contributed by atoms with E-state index in [1.54, 1.807) is 17.0 Å². The molecule has 1 N–H and O–H groups in total. The molecule has 5 nitrogen and oxygen atoms in total. The van der Waals surface area contributed by atoms with Gasteiger partial charge in [-0.1, -0.05) is 48.5 Å². The van der Waals surface area contributed by atoms with Crippen molar-refractivity contribution >= 4 is 17.5 Å². The molecule has 0 spiro atoms. The number of aromatic nitrogens is 1. The lowest BCUT2D eigenvalue weighted by Gasteiger charge is -2.23. The zero-order valence-electron chi connectivity index (χ0n) is 16.0. The number of benzene rings is 2. The van der Waals surface area contributed by atoms with Crippen LogP contribution in [0.5, 0.6) is 0 Å². The van der Waals surface area contributed by atoms with E-state index in [1.807, 2.05) is 74.5 Å². The van der Waals surface area contributed by atoms with Crippen molar-refractivity contribution in [3.05, 3.63) is 95.8 Å². The monoisotopic (exact) mass is 373 g/mol. The zero-order chi connectivity index (χ0) is 19.9. The van der Waals surface area contributed by atoms with E-state index in [0.29, 0.717) is 12.1 Å². The molecule has 142 valence electrons. The highest BCUT2D eigenvalue weighted by atomic mass is 16.2. The highest BCUT2D eigenvalue weighted by Gasteiger charge is 2.20. The number of anilines is 1. The molecule has 3 rings (SSSR count). The van der Waals surface area contributed by atoms with Gasteiger partial charge in [0, 0.05) is 23.5 Å². The van der Waals surface area contributed by atoms with E-state index in [2.05, 4.69) is 10.3 Å². The lowest BCUT2D eigenvalue weighted by Crippen LogP contribution is -2.32. The molecule has 0 radical (unpaired) electrons. The van der Waals surface area contributed by atoms with Gasteiger partial charge < -0.3 is 10.2 Å². The molecule has 1 aromatic heterocycles. The van der Waals surface area contributed by atoms with E-state index in [1.165, 1.54) is 6.20 Å². The van der Waals surface area contributed by atoms with Gasteiger partial charge in [0.15, 0.2) is 0 Å². The third-order valence-corrected chi connectivity index (χ3v) is 4.16. The Labute approximate surface area is 165 Å². The molecule has 0 saturated carbocycles. The van der Waals surface area contributed by atoms with Gasteiger partial charge in [-0.3, -0.25) is 14.6 Å². The summed E-state index contributed by atoms with van der Waals surface area (Å²) >= 11 is 0. The molecule has 0 aliphatic rings. The quantitative estimate of drug-likeness (QED) is 0.709.